The minimum atomic E-state index is 0.156. The average Bonchev–Trinajstić information content (AvgIpc) is 3.03. The van der Waals surface area contributed by atoms with E-state index in [0.29, 0.717) is 19.5 Å². The fourth-order valence-corrected chi connectivity index (χ4v) is 3.05. The lowest BCUT2D eigenvalue weighted by molar-refractivity contribution is -0.130. The predicted octanol–water partition coefficient (Wildman–Crippen LogP) is 3.83. The van der Waals surface area contributed by atoms with E-state index in [1.54, 1.807) is 0 Å². The number of carbonyl (C=O) groups excluding carboxylic acids is 1. The Kier molecular flexibility index (Phi) is 5.08. The smallest absolute Gasteiger partial charge is 0.227 e. The third-order valence-corrected chi connectivity index (χ3v) is 4.58. The van der Waals surface area contributed by atoms with Crippen LogP contribution >= 0.6 is 0 Å². The number of anilines is 1. The van der Waals surface area contributed by atoms with Crippen LogP contribution in [0.3, 0.4) is 0 Å². The van der Waals surface area contributed by atoms with E-state index in [9.17, 15) is 4.79 Å². The maximum absolute atomic E-state index is 12.8. The summed E-state index contributed by atoms with van der Waals surface area (Å²) >= 11 is 0. The van der Waals surface area contributed by atoms with Gasteiger partial charge in [0.2, 0.25) is 5.91 Å². The molecule has 0 radical (unpaired) electrons. The Labute approximate surface area is 149 Å². The predicted molar refractivity (Wildman–Crippen MR) is 104 cm³/mol. The number of aromatic nitrogens is 1. The fraction of sp³-hybridized carbons (Fsp3) is 0.286. The second kappa shape index (κ2) is 7.43. The van der Waals surface area contributed by atoms with Crippen LogP contribution in [0.15, 0.2) is 54.7 Å². The zero-order valence-corrected chi connectivity index (χ0v) is 15.1. The van der Waals surface area contributed by atoms with E-state index < -0.39 is 0 Å². The van der Waals surface area contributed by atoms with Crippen molar-refractivity contribution in [2.75, 3.05) is 25.5 Å². The van der Waals surface area contributed by atoms with Crippen LogP contribution in [-0.2, 0) is 17.8 Å². The zero-order valence-electron chi connectivity index (χ0n) is 15.1. The first-order valence-electron chi connectivity index (χ1n) is 8.67. The summed E-state index contributed by atoms with van der Waals surface area (Å²) in [7, 11) is 4.05. The highest BCUT2D eigenvalue weighted by molar-refractivity contribution is 5.88. The molecule has 0 saturated heterocycles. The molecule has 3 aromatic rings. The van der Waals surface area contributed by atoms with Gasteiger partial charge in [0.25, 0.3) is 0 Å². The number of benzene rings is 2. The van der Waals surface area contributed by atoms with Gasteiger partial charge in [0, 0.05) is 50.0 Å². The SMILES string of the molecule is CCN(Cc1ccc(N(C)C)cc1)C(=O)Cc1c[nH]c2ccccc12. The van der Waals surface area contributed by atoms with Crippen molar-refractivity contribution in [3.8, 4) is 0 Å². The van der Waals surface area contributed by atoms with Crippen molar-refractivity contribution < 1.29 is 4.79 Å². The van der Waals surface area contributed by atoms with Gasteiger partial charge in [-0.25, -0.2) is 0 Å². The molecule has 0 aliphatic heterocycles. The molecule has 4 heteroatoms. The Morgan fingerprint density at radius 2 is 1.76 bits per heavy atom. The number of rotatable bonds is 6. The molecule has 0 spiro atoms. The van der Waals surface area contributed by atoms with E-state index in [0.717, 1.165) is 27.7 Å². The second-order valence-electron chi connectivity index (χ2n) is 6.51. The molecule has 1 heterocycles. The number of nitrogens with one attached hydrogen (secondary N) is 1. The molecule has 0 atom stereocenters. The van der Waals surface area contributed by atoms with Crippen molar-refractivity contribution >= 4 is 22.5 Å². The molecule has 0 unspecified atom stereocenters. The number of amides is 1. The zero-order chi connectivity index (χ0) is 17.8. The molecule has 25 heavy (non-hydrogen) atoms. The summed E-state index contributed by atoms with van der Waals surface area (Å²) in [4.78, 5) is 20.0. The molecule has 1 amide bonds. The molecule has 1 N–H and O–H groups in total. The normalized spacial score (nSPS) is 10.8. The van der Waals surface area contributed by atoms with Gasteiger partial charge in [-0.15, -0.1) is 0 Å². The van der Waals surface area contributed by atoms with E-state index in [2.05, 4.69) is 40.2 Å². The Balaban J connectivity index is 1.70. The molecule has 0 saturated carbocycles. The minimum Gasteiger partial charge on any atom is -0.378 e. The summed E-state index contributed by atoms with van der Waals surface area (Å²) in [6.07, 6.45) is 2.37. The Morgan fingerprint density at radius 1 is 1.04 bits per heavy atom. The van der Waals surface area contributed by atoms with Crippen LogP contribution in [0.2, 0.25) is 0 Å². The number of likely N-dealkylation sites (N-methyl/N-ethyl adjacent to an activating group) is 1. The average molecular weight is 335 g/mol. The highest BCUT2D eigenvalue weighted by Gasteiger charge is 2.15. The summed E-state index contributed by atoms with van der Waals surface area (Å²) in [6, 6.07) is 16.5. The Hall–Kier alpha value is -2.75. The lowest BCUT2D eigenvalue weighted by atomic mass is 10.1. The van der Waals surface area contributed by atoms with Gasteiger partial charge < -0.3 is 14.8 Å². The summed E-state index contributed by atoms with van der Waals surface area (Å²) in [5.74, 6) is 0.156. The molecule has 0 aliphatic rings. The number of para-hydroxylation sites is 1. The molecule has 3 rings (SSSR count). The number of aromatic amines is 1. The van der Waals surface area contributed by atoms with Crippen LogP contribution in [0, 0.1) is 0 Å². The molecule has 130 valence electrons. The summed E-state index contributed by atoms with van der Waals surface area (Å²) in [5, 5.41) is 1.13. The van der Waals surface area contributed by atoms with Crippen molar-refractivity contribution in [3.63, 3.8) is 0 Å². The molecule has 0 aliphatic carbocycles. The number of H-pyrrole nitrogens is 1. The lowest BCUT2D eigenvalue weighted by Crippen LogP contribution is -2.31. The third-order valence-electron chi connectivity index (χ3n) is 4.58. The van der Waals surface area contributed by atoms with Crippen LogP contribution in [0.25, 0.3) is 10.9 Å². The molecular weight excluding hydrogens is 310 g/mol. The number of nitrogens with zero attached hydrogens (tertiary/aromatic N) is 2. The van der Waals surface area contributed by atoms with Gasteiger partial charge in [0.15, 0.2) is 0 Å². The van der Waals surface area contributed by atoms with Crippen LogP contribution in [0.4, 0.5) is 5.69 Å². The maximum atomic E-state index is 12.8. The van der Waals surface area contributed by atoms with Crippen molar-refractivity contribution in [1.29, 1.82) is 0 Å². The minimum absolute atomic E-state index is 0.156. The number of hydrogen-bond donors (Lipinski definition) is 1. The van der Waals surface area contributed by atoms with Crippen molar-refractivity contribution in [1.82, 2.24) is 9.88 Å². The van der Waals surface area contributed by atoms with E-state index >= 15 is 0 Å². The van der Waals surface area contributed by atoms with Crippen molar-refractivity contribution in [3.05, 3.63) is 65.9 Å². The molecule has 2 aromatic carbocycles. The quantitative estimate of drug-likeness (QED) is 0.744. The monoisotopic (exact) mass is 335 g/mol. The third kappa shape index (κ3) is 3.85. The van der Waals surface area contributed by atoms with Gasteiger partial charge in [-0.3, -0.25) is 4.79 Å². The Morgan fingerprint density at radius 3 is 2.44 bits per heavy atom. The molecule has 0 fully saturated rings. The largest absolute Gasteiger partial charge is 0.378 e. The lowest BCUT2D eigenvalue weighted by Gasteiger charge is -2.21. The van der Waals surface area contributed by atoms with Gasteiger partial charge >= 0.3 is 0 Å². The van der Waals surface area contributed by atoms with E-state index in [4.69, 9.17) is 0 Å². The molecule has 1 aromatic heterocycles. The van der Waals surface area contributed by atoms with Crippen molar-refractivity contribution in [2.24, 2.45) is 0 Å². The molecular formula is C21H25N3O. The molecule has 0 bridgehead atoms. The molecule has 4 nitrogen and oxygen atoms in total. The topological polar surface area (TPSA) is 39.3 Å². The summed E-state index contributed by atoms with van der Waals surface area (Å²) in [5.41, 5.74) is 4.45. The van der Waals surface area contributed by atoms with Crippen LogP contribution in [0.5, 0.6) is 0 Å². The standard InChI is InChI=1S/C21H25N3O/c1-4-24(15-16-9-11-18(12-10-16)23(2)3)21(25)13-17-14-22-20-8-6-5-7-19(17)20/h5-12,14,22H,4,13,15H2,1-3H3. The Bertz CT molecular complexity index is 849. The van der Waals surface area contributed by atoms with Crippen LogP contribution in [0.1, 0.15) is 18.1 Å². The van der Waals surface area contributed by atoms with Gasteiger partial charge in [0.05, 0.1) is 6.42 Å². The van der Waals surface area contributed by atoms with E-state index in [1.807, 2.05) is 50.3 Å². The summed E-state index contributed by atoms with van der Waals surface area (Å²) in [6.45, 7) is 3.38. The van der Waals surface area contributed by atoms with Crippen LogP contribution in [-0.4, -0.2) is 36.4 Å². The van der Waals surface area contributed by atoms with Gasteiger partial charge in [-0.2, -0.15) is 0 Å². The van der Waals surface area contributed by atoms with Crippen LogP contribution < -0.4 is 4.90 Å². The highest BCUT2D eigenvalue weighted by Crippen LogP contribution is 2.19. The van der Waals surface area contributed by atoms with E-state index in [1.165, 1.54) is 0 Å². The van der Waals surface area contributed by atoms with Gasteiger partial charge in [-0.05, 0) is 36.2 Å². The first kappa shape index (κ1) is 17.1. The van der Waals surface area contributed by atoms with Gasteiger partial charge in [0.1, 0.15) is 0 Å². The summed E-state index contributed by atoms with van der Waals surface area (Å²) < 4.78 is 0. The van der Waals surface area contributed by atoms with Gasteiger partial charge in [-0.1, -0.05) is 30.3 Å². The second-order valence-corrected chi connectivity index (χ2v) is 6.51. The highest BCUT2D eigenvalue weighted by atomic mass is 16.2. The number of fused-ring (bicyclic) bond motifs is 1. The maximum Gasteiger partial charge on any atom is 0.227 e. The van der Waals surface area contributed by atoms with E-state index in [-0.39, 0.29) is 5.91 Å². The van der Waals surface area contributed by atoms with Crippen molar-refractivity contribution in [2.45, 2.75) is 19.9 Å². The first-order chi connectivity index (χ1) is 12.1. The first-order valence-corrected chi connectivity index (χ1v) is 8.67. The fourth-order valence-electron chi connectivity index (χ4n) is 3.05. The number of hydrogen-bond acceptors (Lipinski definition) is 2. The number of carbonyl (C=O) groups is 1.